The van der Waals surface area contributed by atoms with E-state index in [-0.39, 0.29) is 5.92 Å². The number of thiazole rings is 1. The lowest BCUT2D eigenvalue weighted by Gasteiger charge is -2.34. The van der Waals surface area contributed by atoms with E-state index in [0.29, 0.717) is 17.9 Å². The van der Waals surface area contributed by atoms with Crippen LogP contribution in [-0.2, 0) is 4.79 Å². The van der Waals surface area contributed by atoms with E-state index in [9.17, 15) is 4.79 Å². The number of carbonyl (C=O) groups is 1. The fourth-order valence-electron chi connectivity index (χ4n) is 3.78. The molecule has 2 aliphatic heterocycles. The fraction of sp³-hybridized carbons (Fsp3) is 0.750. The van der Waals surface area contributed by atoms with E-state index in [0.717, 1.165) is 44.2 Å². The van der Waals surface area contributed by atoms with Gasteiger partial charge in [-0.1, -0.05) is 6.92 Å². The Morgan fingerprint density at radius 3 is 2.82 bits per heavy atom. The molecule has 0 spiro atoms. The van der Waals surface area contributed by atoms with Gasteiger partial charge in [-0.05, 0) is 32.9 Å². The van der Waals surface area contributed by atoms with Crippen molar-refractivity contribution in [1.29, 1.82) is 0 Å². The molecule has 0 bridgehead atoms. The van der Waals surface area contributed by atoms with Crippen molar-refractivity contribution in [3.63, 3.8) is 0 Å². The lowest BCUT2D eigenvalue weighted by Crippen LogP contribution is -2.45. The van der Waals surface area contributed by atoms with Crippen molar-refractivity contribution in [3.05, 3.63) is 11.6 Å². The van der Waals surface area contributed by atoms with Crippen molar-refractivity contribution >= 4 is 22.4 Å². The maximum absolute atomic E-state index is 12.9. The number of aromatic nitrogens is 1. The quantitative estimate of drug-likeness (QED) is 0.850. The number of anilines is 1. The number of hydrogen-bond donors (Lipinski definition) is 0. The van der Waals surface area contributed by atoms with Crippen LogP contribution in [0.4, 0.5) is 5.13 Å². The van der Waals surface area contributed by atoms with Crippen LogP contribution in [0.15, 0.2) is 11.6 Å². The molecule has 22 heavy (non-hydrogen) atoms. The summed E-state index contributed by atoms with van der Waals surface area (Å²) in [5.74, 6) is 1.03. The van der Waals surface area contributed by atoms with Gasteiger partial charge in [0, 0.05) is 43.8 Å². The fourth-order valence-corrected chi connectivity index (χ4v) is 4.46. The Kier molecular flexibility index (Phi) is 4.68. The highest BCUT2D eigenvalue weighted by Crippen LogP contribution is 2.28. The van der Waals surface area contributed by atoms with Crippen molar-refractivity contribution in [2.75, 3.05) is 45.2 Å². The van der Waals surface area contributed by atoms with Crippen molar-refractivity contribution < 1.29 is 4.79 Å². The van der Waals surface area contributed by atoms with E-state index in [4.69, 9.17) is 0 Å². The Bertz CT molecular complexity index is 504. The molecule has 2 aliphatic rings. The molecule has 3 atom stereocenters. The van der Waals surface area contributed by atoms with Gasteiger partial charge in [-0.3, -0.25) is 4.79 Å². The summed E-state index contributed by atoms with van der Waals surface area (Å²) in [4.78, 5) is 23.9. The molecule has 0 N–H and O–H groups in total. The molecule has 0 aromatic carbocycles. The molecule has 6 heteroatoms. The monoisotopic (exact) mass is 322 g/mol. The van der Waals surface area contributed by atoms with E-state index < -0.39 is 0 Å². The van der Waals surface area contributed by atoms with Gasteiger partial charge in [0.05, 0.1) is 5.92 Å². The molecule has 0 aliphatic carbocycles. The summed E-state index contributed by atoms with van der Waals surface area (Å²) in [6, 6.07) is 0.489. The molecule has 0 saturated carbocycles. The summed E-state index contributed by atoms with van der Waals surface area (Å²) in [5.41, 5.74) is 0. The minimum absolute atomic E-state index is 0.130. The van der Waals surface area contributed by atoms with Crippen LogP contribution in [0.1, 0.15) is 19.8 Å². The normalized spacial score (nSPS) is 29.4. The van der Waals surface area contributed by atoms with Gasteiger partial charge in [0.25, 0.3) is 0 Å². The Hall–Kier alpha value is -1.14. The Morgan fingerprint density at radius 1 is 1.36 bits per heavy atom. The molecule has 1 aromatic heterocycles. The summed E-state index contributed by atoms with van der Waals surface area (Å²) in [7, 11) is 4.22. The molecule has 3 heterocycles. The van der Waals surface area contributed by atoms with Crippen molar-refractivity contribution in [2.45, 2.75) is 25.8 Å². The first-order valence-electron chi connectivity index (χ1n) is 8.16. The number of amides is 1. The van der Waals surface area contributed by atoms with Crippen LogP contribution in [0.3, 0.4) is 0 Å². The summed E-state index contributed by atoms with van der Waals surface area (Å²) < 4.78 is 0. The minimum atomic E-state index is 0.130. The Morgan fingerprint density at radius 2 is 2.18 bits per heavy atom. The maximum Gasteiger partial charge on any atom is 0.227 e. The van der Waals surface area contributed by atoms with Gasteiger partial charge in [-0.25, -0.2) is 4.98 Å². The van der Waals surface area contributed by atoms with E-state index >= 15 is 0 Å². The number of likely N-dealkylation sites (N-methyl/N-ethyl adjacent to an activating group) is 1. The smallest absolute Gasteiger partial charge is 0.227 e. The molecule has 1 aromatic rings. The highest BCUT2D eigenvalue weighted by molar-refractivity contribution is 7.13. The van der Waals surface area contributed by atoms with Crippen LogP contribution in [0.5, 0.6) is 0 Å². The number of nitrogens with zero attached hydrogens (tertiary/aromatic N) is 4. The average molecular weight is 322 g/mol. The van der Waals surface area contributed by atoms with E-state index in [1.807, 2.05) is 11.6 Å². The van der Waals surface area contributed by atoms with Crippen LogP contribution < -0.4 is 4.90 Å². The summed E-state index contributed by atoms with van der Waals surface area (Å²) in [6.07, 6.45) is 3.93. The van der Waals surface area contributed by atoms with Gasteiger partial charge < -0.3 is 14.7 Å². The third-order valence-electron chi connectivity index (χ3n) is 5.01. The summed E-state index contributed by atoms with van der Waals surface area (Å²) in [6.45, 7) is 5.87. The lowest BCUT2D eigenvalue weighted by molar-refractivity contribution is -0.135. The standard InChI is InChI=1S/C16H26N4OS/c1-12-9-20(11-14(12)18(2)3)15(21)13-5-4-7-19(10-13)16-17-6-8-22-16/h6,8,12-14H,4-5,7,9-11H2,1-3H3/t12-,13+,14+/m1/s1. The lowest BCUT2D eigenvalue weighted by atomic mass is 9.97. The van der Waals surface area contributed by atoms with E-state index in [1.54, 1.807) is 11.3 Å². The molecular formula is C16H26N4OS. The van der Waals surface area contributed by atoms with Crippen LogP contribution in [0.2, 0.25) is 0 Å². The highest BCUT2D eigenvalue weighted by Gasteiger charge is 2.37. The zero-order valence-corrected chi connectivity index (χ0v) is 14.6. The van der Waals surface area contributed by atoms with Gasteiger partial charge in [0.15, 0.2) is 5.13 Å². The van der Waals surface area contributed by atoms with Gasteiger partial charge in [0.2, 0.25) is 5.91 Å². The molecule has 122 valence electrons. The number of carbonyl (C=O) groups excluding carboxylic acids is 1. The number of hydrogen-bond acceptors (Lipinski definition) is 5. The summed E-state index contributed by atoms with van der Waals surface area (Å²) in [5, 5.41) is 3.06. The van der Waals surface area contributed by atoms with Gasteiger partial charge in [-0.2, -0.15) is 0 Å². The van der Waals surface area contributed by atoms with Crippen LogP contribution >= 0.6 is 11.3 Å². The molecule has 5 nitrogen and oxygen atoms in total. The third-order valence-corrected chi connectivity index (χ3v) is 5.84. The first kappa shape index (κ1) is 15.7. The number of piperidine rings is 1. The Balaban J connectivity index is 1.63. The van der Waals surface area contributed by atoms with Crippen molar-refractivity contribution in [3.8, 4) is 0 Å². The van der Waals surface area contributed by atoms with Crippen LogP contribution in [-0.4, -0.2) is 67.0 Å². The molecule has 2 fully saturated rings. The predicted molar refractivity (Wildman–Crippen MR) is 90.3 cm³/mol. The molecular weight excluding hydrogens is 296 g/mol. The zero-order chi connectivity index (χ0) is 15.7. The second-order valence-corrected chi connectivity index (χ2v) is 7.72. The molecule has 0 unspecified atom stereocenters. The van der Waals surface area contributed by atoms with E-state index in [2.05, 4.69) is 40.7 Å². The number of rotatable bonds is 3. The maximum atomic E-state index is 12.9. The Labute approximate surface area is 136 Å². The van der Waals surface area contributed by atoms with E-state index in [1.165, 1.54) is 0 Å². The SMILES string of the molecule is C[C@@H]1CN(C(=O)[C@H]2CCCN(c3nccs3)C2)C[C@@H]1N(C)C. The van der Waals surface area contributed by atoms with Crippen LogP contribution in [0, 0.1) is 11.8 Å². The van der Waals surface area contributed by atoms with Crippen molar-refractivity contribution in [2.24, 2.45) is 11.8 Å². The third kappa shape index (κ3) is 3.13. The van der Waals surface area contributed by atoms with Crippen molar-refractivity contribution in [1.82, 2.24) is 14.8 Å². The molecule has 0 radical (unpaired) electrons. The first-order valence-corrected chi connectivity index (χ1v) is 9.04. The highest BCUT2D eigenvalue weighted by atomic mass is 32.1. The topological polar surface area (TPSA) is 39.7 Å². The van der Waals surface area contributed by atoms with Gasteiger partial charge in [-0.15, -0.1) is 11.3 Å². The summed E-state index contributed by atoms with van der Waals surface area (Å²) >= 11 is 1.66. The second-order valence-electron chi connectivity index (χ2n) is 6.85. The van der Waals surface area contributed by atoms with Gasteiger partial charge >= 0.3 is 0 Å². The van der Waals surface area contributed by atoms with Gasteiger partial charge in [0.1, 0.15) is 0 Å². The molecule has 2 saturated heterocycles. The molecule has 3 rings (SSSR count). The minimum Gasteiger partial charge on any atom is -0.347 e. The van der Waals surface area contributed by atoms with Crippen LogP contribution in [0.25, 0.3) is 0 Å². The zero-order valence-electron chi connectivity index (χ0n) is 13.7. The largest absolute Gasteiger partial charge is 0.347 e. The predicted octanol–water partition coefficient (Wildman–Crippen LogP) is 1.77. The second kappa shape index (κ2) is 6.54. The first-order chi connectivity index (χ1) is 10.6. The number of likely N-dealkylation sites (tertiary alicyclic amines) is 1. The molecule has 1 amide bonds. The average Bonchev–Trinajstić information content (AvgIpc) is 3.16.